The molecule has 0 heterocycles. The molecule has 0 fully saturated rings. The molecule has 0 aromatic heterocycles. The Kier molecular flexibility index (Phi) is 34.7. The molecule has 1 N–H and O–H groups in total. The average molecular weight is 629 g/mol. The van der Waals surface area contributed by atoms with Crippen LogP contribution >= 0.6 is 0 Å². The minimum absolute atomic E-state index is 0.00192. The van der Waals surface area contributed by atoms with Crippen molar-refractivity contribution in [3.05, 3.63) is 48.6 Å². The minimum atomic E-state index is -0.679. The number of ether oxygens (including phenoxy) is 1. The standard InChI is InChI=1S/C41H72O4/c1-3-5-6-7-8-9-10-11-12-13-14-15-16-17-18-19-20-25-28-31-34-38-41(44)45-39(35-4-2)36-32-29-26-23-21-22-24-27-30-33-37-40(42)43/h8-9,11-12,14-15,17-18,39H,3-7,10,13,16,19-38H2,1-2H3,(H,42,43)/b9-8-,12-11-,15-14-,18-17-. The van der Waals surface area contributed by atoms with Gasteiger partial charge in [0.1, 0.15) is 6.10 Å². The molecule has 0 saturated heterocycles. The summed E-state index contributed by atoms with van der Waals surface area (Å²) in [5.74, 6) is -0.681. The van der Waals surface area contributed by atoms with Crippen LogP contribution in [0.5, 0.6) is 0 Å². The maximum atomic E-state index is 12.4. The van der Waals surface area contributed by atoms with Crippen LogP contribution in [-0.2, 0) is 14.3 Å². The van der Waals surface area contributed by atoms with Crippen molar-refractivity contribution in [2.45, 2.75) is 200 Å². The van der Waals surface area contributed by atoms with E-state index in [1.807, 2.05) is 0 Å². The van der Waals surface area contributed by atoms with E-state index in [0.717, 1.165) is 83.5 Å². The topological polar surface area (TPSA) is 63.6 Å². The first kappa shape index (κ1) is 42.9. The minimum Gasteiger partial charge on any atom is -0.481 e. The summed E-state index contributed by atoms with van der Waals surface area (Å²) >= 11 is 0. The highest BCUT2D eigenvalue weighted by Crippen LogP contribution is 2.17. The zero-order chi connectivity index (χ0) is 32.9. The second kappa shape index (κ2) is 36.4. The second-order valence-electron chi connectivity index (χ2n) is 12.8. The van der Waals surface area contributed by atoms with E-state index in [-0.39, 0.29) is 12.1 Å². The average Bonchev–Trinajstić information content (AvgIpc) is 3.02. The predicted molar refractivity (Wildman–Crippen MR) is 195 cm³/mol. The number of esters is 1. The Morgan fingerprint density at radius 1 is 0.489 bits per heavy atom. The SMILES string of the molecule is CCCCC/C=C\C/C=C\C/C=C\C/C=C\CCCCCCCC(=O)OC(CCC)CCCCCCCCCCCCC(=O)O. The van der Waals surface area contributed by atoms with E-state index in [0.29, 0.717) is 12.8 Å². The number of hydrogen-bond acceptors (Lipinski definition) is 3. The van der Waals surface area contributed by atoms with Crippen molar-refractivity contribution in [3.8, 4) is 0 Å². The predicted octanol–water partition coefficient (Wildman–Crippen LogP) is 13.2. The third-order valence-electron chi connectivity index (χ3n) is 8.28. The molecule has 4 nitrogen and oxygen atoms in total. The number of unbranched alkanes of at least 4 members (excludes halogenated alkanes) is 17. The van der Waals surface area contributed by atoms with E-state index in [1.165, 1.54) is 83.5 Å². The van der Waals surface area contributed by atoms with Gasteiger partial charge in [-0.15, -0.1) is 0 Å². The monoisotopic (exact) mass is 629 g/mol. The van der Waals surface area contributed by atoms with Crippen LogP contribution in [0.3, 0.4) is 0 Å². The van der Waals surface area contributed by atoms with Crippen LogP contribution in [0, 0.1) is 0 Å². The van der Waals surface area contributed by atoms with Gasteiger partial charge in [-0.3, -0.25) is 9.59 Å². The zero-order valence-electron chi connectivity index (χ0n) is 29.7. The summed E-state index contributed by atoms with van der Waals surface area (Å²) in [4.78, 5) is 22.9. The molecule has 260 valence electrons. The number of aliphatic carboxylic acids is 1. The van der Waals surface area contributed by atoms with Crippen molar-refractivity contribution in [1.82, 2.24) is 0 Å². The van der Waals surface area contributed by atoms with E-state index < -0.39 is 5.97 Å². The zero-order valence-corrected chi connectivity index (χ0v) is 29.7. The fourth-order valence-electron chi connectivity index (χ4n) is 5.51. The highest BCUT2D eigenvalue weighted by molar-refractivity contribution is 5.69. The number of hydrogen-bond donors (Lipinski definition) is 1. The molecule has 0 saturated carbocycles. The molecule has 1 atom stereocenters. The summed E-state index contributed by atoms with van der Waals surface area (Å²) < 4.78 is 5.84. The van der Waals surface area contributed by atoms with E-state index in [1.54, 1.807) is 0 Å². The van der Waals surface area contributed by atoms with Crippen LogP contribution in [0.1, 0.15) is 194 Å². The number of carboxylic acid groups (broad SMARTS) is 1. The Labute approximate surface area is 279 Å². The highest BCUT2D eigenvalue weighted by atomic mass is 16.5. The van der Waals surface area contributed by atoms with E-state index in [9.17, 15) is 9.59 Å². The van der Waals surface area contributed by atoms with Crippen LogP contribution in [-0.4, -0.2) is 23.1 Å². The van der Waals surface area contributed by atoms with Gasteiger partial charge in [-0.1, -0.05) is 152 Å². The number of carbonyl (C=O) groups excluding carboxylic acids is 1. The van der Waals surface area contributed by atoms with Gasteiger partial charge in [0.2, 0.25) is 0 Å². The summed E-state index contributed by atoms with van der Waals surface area (Å²) in [6, 6.07) is 0. The normalized spacial score (nSPS) is 12.8. The molecule has 0 bridgehead atoms. The van der Waals surface area contributed by atoms with E-state index in [2.05, 4.69) is 62.5 Å². The molecular formula is C41H72O4. The third kappa shape index (κ3) is 36.2. The Morgan fingerprint density at radius 3 is 1.40 bits per heavy atom. The summed E-state index contributed by atoms with van der Waals surface area (Å²) in [6.07, 6.45) is 49.0. The number of carboxylic acids is 1. The maximum absolute atomic E-state index is 12.4. The molecule has 0 aliphatic heterocycles. The third-order valence-corrected chi connectivity index (χ3v) is 8.28. The number of allylic oxidation sites excluding steroid dienone is 8. The molecule has 0 spiro atoms. The fraction of sp³-hybridized carbons (Fsp3) is 0.756. The van der Waals surface area contributed by atoms with Gasteiger partial charge in [0.05, 0.1) is 0 Å². The molecular weight excluding hydrogens is 556 g/mol. The molecule has 0 aromatic rings. The lowest BCUT2D eigenvalue weighted by Gasteiger charge is -2.17. The lowest BCUT2D eigenvalue weighted by Crippen LogP contribution is -2.18. The summed E-state index contributed by atoms with van der Waals surface area (Å²) in [7, 11) is 0. The van der Waals surface area contributed by atoms with Crippen molar-refractivity contribution < 1.29 is 19.4 Å². The van der Waals surface area contributed by atoms with E-state index >= 15 is 0 Å². The smallest absolute Gasteiger partial charge is 0.306 e. The molecule has 45 heavy (non-hydrogen) atoms. The van der Waals surface area contributed by atoms with Gasteiger partial charge in [0.15, 0.2) is 0 Å². The molecule has 0 rings (SSSR count). The van der Waals surface area contributed by atoms with Crippen molar-refractivity contribution in [2.75, 3.05) is 0 Å². The van der Waals surface area contributed by atoms with Crippen molar-refractivity contribution in [3.63, 3.8) is 0 Å². The molecule has 0 aromatic carbocycles. The van der Waals surface area contributed by atoms with Crippen LogP contribution in [0.25, 0.3) is 0 Å². The van der Waals surface area contributed by atoms with Gasteiger partial charge < -0.3 is 9.84 Å². The number of carbonyl (C=O) groups is 2. The van der Waals surface area contributed by atoms with Crippen LogP contribution < -0.4 is 0 Å². The first-order valence-corrected chi connectivity index (χ1v) is 19.1. The van der Waals surface area contributed by atoms with Gasteiger partial charge >= 0.3 is 11.9 Å². The van der Waals surface area contributed by atoms with E-state index in [4.69, 9.17) is 9.84 Å². The Bertz CT molecular complexity index is 763. The largest absolute Gasteiger partial charge is 0.481 e. The van der Waals surface area contributed by atoms with Gasteiger partial charge in [-0.25, -0.2) is 0 Å². The first-order chi connectivity index (χ1) is 22.1. The Balaban J connectivity index is 3.63. The van der Waals surface area contributed by atoms with Crippen molar-refractivity contribution in [2.24, 2.45) is 0 Å². The lowest BCUT2D eigenvalue weighted by atomic mass is 10.0. The summed E-state index contributed by atoms with van der Waals surface area (Å²) in [6.45, 7) is 4.42. The quantitative estimate of drug-likeness (QED) is 0.0437. The molecule has 0 aliphatic rings. The fourth-order valence-corrected chi connectivity index (χ4v) is 5.51. The van der Waals surface area contributed by atoms with Gasteiger partial charge in [-0.2, -0.15) is 0 Å². The molecule has 1 unspecified atom stereocenters. The maximum Gasteiger partial charge on any atom is 0.306 e. The summed E-state index contributed by atoms with van der Waals surface area (Å²) in [5, 5.41) is 8.67. The van der Waals surface area contributed by atoms with Gasteiger partial charge in [-0.05, 0) is 77.0 Å². The van der Waals surface area contributed by atoms with Crippen molar-refractivity contribution >= 4 is 11.9 Å². The first-order valence-electron chi connectivity index (χ1n) is 19.1. The Hall–Kier alpha value is -2.10. The molecule has 0 radical (unpaired) electrons. The van der Waals surface area contributed by atoms with Gasteiger partial charge in [0, 0.05) is 12.8 Å². The highest BCUT2D eigenvalue weighted by Gasteiger charge is 2.13. The second-order valence-corrected chi connectivity index (χ2v) is 12.8. The molecule has 4 heteroatoms. The summed E-state index contributed by atoms with van der Waals surface area (Å²) in [5.41, 5.74) is 0. The van der Waals surface area contributed by atoms with Crippen molar-refractivity contribution in [1.29, 1.82) is 0 Å². The van der Waals surface area contributed by atoms with Gasteiger partial charge in [0.25, 0.3) is 0 Å². The molecule has 0 amide bonds. The van der Waals surface area contributed by atoms with Crippen LogP contribution in [0.15, 0.2) is 48.6 Å². The molecule has 0 aliphatic carbocycles. The lowest BCUT2D eigenvalue weighted by molar-refractivity contribution is -0.150. The Morgan fingerprint density at radius 2 is 0.911 bits per heavy atom. The van der Waals surface area contributed by atoms with Crippen LogP contribution in [0.2, 0.25) is 0 Å². The number of rotatable bonds is 34. The van der Waals surface area contributed by atoms with Crippen LogP contribution in [0.4, 0.5) is 0 Å².